The Morgan fingerprint density at radius 2 is 2.19 bits per heavy atom. The average molecular weight is 360 g/mol. The number of carboxylic acids is 1. The van der Waals surface area contributed by atoms with Crippen molar-refractivity contribution in [3.8, 4) is 5.75 Å². The highest BCUT2D eigenvalue weighted by Gasteiger charge is 2.48. The molecular formula is C22H32O4. The summed E-state index contributed by atoms with van der Waals surface area (Å²) < 4.78 is 12.8. The maximum absolute atomic E-state index is 10.9. The van der Waals surface area contributed by atoms with E-state index in [1.807, 2.05) is 12.1 Å². The van der Waals surface area contributed by atoms with E-state index in [0.29, 0.717) is 18.3 Å². The lowest BCUT2D eigenvalue weighted by Crippen LogP contribution is -2.49. The maximum atomic E-state index is 10.9. The zero-order chi connectivity index (χ0) is 18.7. The molecule has 0 aromatic heterocycles. The highest BCUT2D eigenvalue weighted by Crippen LogP contribution is 2.51. The lowest BCUT2D eigenvalue weighted by molar-refractivity contribution is -0.137. The normalized spacial score (nSPS) is 27.5. The Labute approximate surface area is 156 Å². The summed E-state index contributed by atoms with van der Waals surface area (Å²) in [5.41, 5.74) is 1.94. The summed E-state index contributed by atoms with van der Waals surface area (Å²) in [6.45, 7) is 7.58. The van der Waals surface area contributed by atoms with Crippen LogP contribution in [0.25, 0.3) is 0 Å². The molecule has 1 aromatic rings. The number of benzene rings is 1. The van der Waals surface area contributed by atoms with Crippen LogP contribution in [0.3, 0.4) is 0 Å². The molecule has 3 rings (SSSR count). The van der Waals surface area contributed by atoms with Crippen LogP contribution in [0.15, 0.2) is 18.2 Å². The number of carbonyl (C=O) groups is 1. The third kappa shape index (κ3) is 4.22. The summed E-state index contributed by atoms with van der Waals surface area (Å²) in [7, 11) is 0. The highest BCUT2D eigenvalue weighted by molar-refractivity contribution is 5.67. The molecule has 4 heteroatoms. The number of rotatable bonds is 7. The zero-order valence-corrected chi connectivity index (χ0v) is 16.3. The largest absolute Gasteiger partial charge is 0.487 e. The zero-order valence-electron chi connectivity index (χ0n) is 16.3. The van der Waals surface area contributed by atoms with Crippen molar-refractivity contribution in [1.82, 2.24) is 0 Å². The van der Waals surface area contributed by atoms with Gasteiger partial charge in [-0.05, 0) is 56.6 Å². The van der Waals surface area contributed by atoms with Crippen molar-refractivity contribution in [2.45, 2.75) is 77.4 Å². The van der Waals surface area contributed by atoms with E-state index in [2.05, 4.69) is 26.8 Å². The Morgan fingerprint density at radius 3 is 2.92 bits per heavy atom. The maximum Gasteiger partial charge on any atom is 0.303 e. The van der Waals surface area contributed by atoms with Crippen LogP contribution in [-0.2, 0) is 16.0 Å². The summed E-state index contributed by atoms with van der Waals surface area (Å²) in [6, 6.07) is 6.15. The van der Waals surface area contributed by atoms with Crippen LogP contribution < -0.4 is 4.74 Å². The third-order valence-electron chi connectivity index (χ3n) is 5.92. The molecule has 2 aliphatic heterocycles. The molecule has 2 heterocycles. The fraction of sp³-hybridized carbons (Fsp3) is 0.682. The van der Waals surface area contributed by atoms with E-state index in [1.165, 1.54) is 6.42 Å². The predicted octanol–water partition coefficient (Wildman–Crippen LogP) is 5.15. The molecule has 26 heavy (non-hydrogen) atoms. The SMILES string of the molecule is CC(C)CCC[C@@]1(C)Oc2cc(CCC(=O)O)ccc2[C@@H]2OCCC[C@H]21. The molecule has 144 valence electrons. The fourth-order valence-electron chi connectivity index (χ4n) is 4.45. The van der Waals surface area contributed by atoms with Gasteiger partial charge in [0.1, 0.15) is 11.4 Å². The van der Waals surface area contributed by atoms with Crippen LogP contribution in [0, 0.1) is 11.8 Å². The summed E-state index contributed by atoms with van der Waals surface area (Å²) in [4.78, 5) is 10.9. The van der Waals surface area contributed by atoms with Gasteiger partial charge in [0.2, 0.25) is 0 Å². The minimum absolute atomic E-state index is 0.102. The quantitative estimate of drug-likeness (QED) is 0.731. The minimum atomic E-state index is -0.766. The fourth-order valence-corrected chi connectivity index (χ4v) is 4.45. The summed E-state index contributed by atoms with van der Waals surface area (Å²) in [6.07, 6.45) is 6.42. The topological polar surface area (TPSA) is 55.8 Å². The lowest BCUT2D eigenvalue weighted by Gasteiger charge is -2.49. The van der Waals surface area contributed by atoms with Gasteiger partial charge in [0.25, 0.3) is 0 Å². The van der Waals surface area contributed by atoms with Gasteiger partial charge in [0.15, 0.2) is 0 Å². The Balaban J connectivity index is 1.83. The number of aliphatic carboxylic acids is 1. The van der Waals surface area contributed by atoms with Gasteiger partial charge < -0.3 is 14.6 Å². The first-order valence-electron chi connectivity index (χ1n) is 10.0. The van der Waals surface area contributed by atoms with Gasteiger partial charge in [-0.25, -0.2) is 0 Å². The number of aryl methyl sites for hydroxylation is 1. The molecule has 0 aliphatic carbocycles. The van der Waals surface area contributed by atoms with E-state index >= 15 is 0 Å². The second-order valence-corrected chi connectivity index (χ2v) is 8.51. The predicted molar refractivity (Wildman–Crippen MR) is 102 cm³/mol. The Kier molecular flexibility index (Phi) is 5.91. The molecule has 3 atom stereocenters. The monoisotopic (exact) mass is 360 g/mol. The first-order chi connectivity index (χ1) is 12.4. The van der Waals surface area contributed by atoms with Crippen LogP contribution in [0.2, 0.25) is 0 Å². The van der Waals surface area contributed by atoms with Gasteiger partial charge in [-0.15, -0.1) is 0 Å². The van der Waals surface area contributed by atoms with Crippen LogP contribution in [0.5, 0.6) is 5.75 Å². The number of carboxylic acid groups (broad SMARTS) is 1. The number of fused-ring (bicyclic) bond motifs is 3. The van der Waals surface area contributed by atoms with E-state index in [0.717, 1.165) is 49.2 Å². The second-order valence-electron chi connectivity index (χ2n) is 8.51. The molecule has 1 fully saturated rings. The molecule has 0 saturated carbocycles. The van der Waals surface area contributed by atoms with E-state index in [4.69, 9.17) is 14.6 Å². The molecule has 0 unspecified atom stereocenters. The van der Waals surface area contributed by atoms with Gasteiger partial charge in [-0.3, -0.25) is 4.79 Å². The van der Waals surface area contributed by atoms with E-state index in [9.17, 15) is 4.79 Å². The van der Waals surface area contributed by atoms with Gasteiger partial charge in [0, 0.05) is 24.5 Å². The third-order valence-corrected chi connectivity index (χ3v) is 5.92. The smallest absolute Gasteiger partial charge is 0.303 e. The Morgan fingerprint density at radius 1 is 1.38 bits per heavy atom. The van der Waals surface area contributed by atoms with E-state index in [-0.39, 0.29) is 18.1 Å². The van der Waals surface area contributed by atoms with Gasteiger partial charge in [0.05, 0.1) is 6.10 Å². The summed E-state index contributed by atoms with van der Waals surface area (Å²) in [5.74, 6) is 1.22. The molecule has 2 aliphatic rings. The number of ether oxygens (including phenoxy) is 2. The molecular weight excluding hydrogens is 328 g/mol. The molecule has 1 saturated heterocycles. The van der Waals surface area contributed by atoms with Crippen molar-refractivity contribution in [2.24, 2.45) is 11.8 Å². The van der Waals surface area contributed by atoms with Crippen molar-refractivity contribution < 1.29 is 19.4 Å². The molecule has 1 N–H and O–H groups in total. The number of hydrogen-bond donors (Lipinski definition) is 1. The first-order valence-corrected chi connectivity index (χ1v) is 10.0. The summed E-state index contributed by atoms with van der Waals surface area (Å²) >= 11 is 0. The van der Waals surface area contributed by atoms with Crippen molar-refractivity contribution in [1.29, 1.82) is 0 Å². The molecule has 0 bridgehead atoms. The Bertz CT molecular complexity index is 639. The van der Waals surface area contributed by atoms with Gasteiger partial charge in [-0.1, -0.05) is 32.4 Å². The molecule has 0 radical (unpaired) electrons. The first kappa shape index (κ1) is 19.2. The van der Waals surface area contributed by atoms with Crippen LogP contribution in [0.4, 0.5) is 0 Å². The van der Waals surface area contributed by atoms with Gasteiger partial charge in [-0.2, -0.15) is 0 Å². The van der Waals surface area contributed by atoms with Crippen molar-refractivity contribution >= 4 is 5.97 Å². The van der Waals surface area contributed by atoms with Gasteiger partial charge >= 0.3 is 5.97 Å². The van der Waals surface area contributed by atoms with Crippen molar-refractivity contribution in [3.63, 3.8) is 0 Å². The lowest BCUT2D eigenvalue weighted by atomic mass is 9.72. The standard InChI is InChI=1S/C22H32O4/c1-15(2)6-4-12-22(3)18-7-5-13-25-21(18)17-10-8-16(9-11-20(23)24)14-19(17)26-22/h8,10,14-15,18,21H,4-7,9,11-13H2,1-3H3,(H,23,24)/t18-,21+,22-/m1/s1. The van der Waals surface area contributed by atoms with Crippen molar-refractivity contribution in [2.75, 3.05) is 6.61 Å². The molecule has 0 amide bonds. The van der Waals surface area contributed by atoms with Crippen LogP contribution >= 0.6 is 0 Å². The van der Waals surface area contributed by atoms with Crippen LogP contribution in [-0.4, -0.2) is 23.3 Å². The van der Waals surface area contributed by atoms with E-state index < -0.39 is 5.97 Å². The highest BCUT2D eigenvalue weighted by atomic mass is 16.5. The van der Waals surface area contributed by atoms with E-state index in [1.54, 1.807) is 0 Å². The van der Waals surface area contributed by atoms with Crippen molar-refractivity contribution in [3.05, 3.63) is 29.3 Å². The number of hydrogen-bond acceptors (Lipinski definition) is 3. The average Bonchev–Trinajstić information content (AvgIpc) is 2.59. The summed E-state index contributed by atoms with van der Waals surface area (Å²) in [5, 5.41) is 8.94. The molecule has 4 nitrogen and oxygen atoms in total. The Hall–Kier alpha value is -1.55. The molecule has 0 spiro atoms. The second kappa shape index (κ2) is 7.99. The minimum Gasteiger partial charge on any atom is -0.487 e. The molecule has 1 aromatic carbocycles. The van der Waals surface area contributed by atoms with Crippen LogP contribution in [0.1, 0.15) is 76.5 Å².